The van der Waals surface area contributed by atoms with Crippen LogP contribution in [0.4, 0.5) is 5.82 Å². The number of fused-ring (bicyclic) bond motifs is 1. The van der Waals surface area contributed by atoms with Gasteiger partial charge in [0.1, 0.15) is 16.2 Å². The molecule has 0 saturated carbocycles. The van der Waals surface area contributed by atoms with Crippen LogP contribution in [0.2, 0.25) is 8.67 Å². The van der Waals surface area contributed by atoms with Gasteiger partial charge in [-0.2, -0.15) is 0 Å². The third-order valence-corrected chi connectivity index (χ3v) is 4.19. The number of nitrogens with zero attached hydrogens (tertiary/aromatic N) is 4. The Balaban J connectivity index is 1.96. The molecule has 0 aliphatic heterocycles. The van der Waals surface area contributed by atoms with Crippen LogP contribution >= 0.6 is 34.5 Å². The number of carbonyl (C=O) groups is 1. The predicted molar refractivity (Wildman–Crippen MR) is 78.4 cm³/mol. The highest BCUT2D eigenvalue weighted by Crippen LogP contribution is 2.31. The second kappa shape index (κ2) is 5.01. The van der Waals surface area contributed by atoms with E-state index in [2.05, 4.69) is 15.0 Å². The molecular formula is C11H7Cl2N5OS. The van der Waals surface area contributed by atoms with E-state index in [1.807, 2.05) is 0 Å². The van der Waals surface area contributed by atoms with E-state index in [0.717, 1.165) is 11.3 Å². The Morgan fingerprint density at radius 2 is 2.15 bits per heavy atom. The third-order valence-electron chi connectivity index (χ3n) is 2.70. The summed E-state index contributed by atoms with van der Waals surface area (Å²) in [5.74, 6) is 0.104. The van der Waals surface area contributed by atoms with Gasteiger partial charge in [0.15, 0.2) is 17.2 Å². The topological polar surface area (TPSA) is 86.7 Å². The quantitative estimate of drug-likeness (QED) is 0.747. The van der Waals surface area contributed by atoms with Gasteiger partial charge in [-0.1, -0.05) is 23.2 Å². The molecule has 3 aromatic rings. The average Bonchev–Trinajstić information content (AvgIpc) is 2.94. The number of imidazole rings is 1. The zero-order valence-electron chi connectivity index (χ0n) is 9.88. The maximum atomic E-state index is 12.2. The fourth-order valence-electron chi connectivity index (χ4n) is 1.78. The molecule has 0 bridgehead atoms. The number of aromatic nitrogens is 4. The summed E-state index contributed by atoms with van der Waals surface area (Å²) in [6.45, 7) is 0.0553. The van der Waals surface area contributed by atoms with E-state index in [0.29, 0.717) is 25.4 Å². The number of Topliss-reactive ketones (excluding diaryl/α,β-unsaturated/α-hetero) is 1. The Bertz CT molecular complexity index is 812. The molecule has 0 aliphatic carbocycles. The van der Waals surface area contributed by atoms with Crippen LogP contribution in [0.3, 0.4) is 0 Å². The Kier molecular flexibility index (Phi) is 3.33. The zero-order valence-corrected chi connectivity index (χ0v) is 12.2. The first kappa shape index (κ1) is 13.3. The second-order valence-corrected chi connectivity index (χ2v) is 6.25. The third kappa shape index (κ3) is 2.24. The van der Waals surface area contributed by atoms with Crippen molar-refractivity contribution in [3.8, 4) is 0 Å². The van der Waals surface area contributed by atoms with Crippen molar-refractivity contribution in [2.75, 3.05) is 5.73 Å². The molecule has 3 aromatic heterocycles. The standard InChI is InChI=1S/C11H7Cl2N5OS/c12-7-1-5(9(13)20-7)6(19)2-18-4-17-8-10(14)15-3-16-11(8)18/h1,3-4H,2H2,(H2,14,15,16). The molecule has 0 atom stereocenters. The Morgan fingerprint density at radius 3 is 2.85 bits per heavy atom. The Hall–Kier alpha value is -1.70. The van der Waals surface area contributed by atoms with Gasteiger partial charge >= 0.3 is 0 Å². The fourth-order valence-corrected chi connectivity index (χ4v) is 3.28. The number of halogens is 2. The van der Waals surface area contributed by atoms with Crippen LogP contribution in [0.5, 0.6) is 0 Å². The number of hydrogen-bond acceptors (Lipinski definition) is 6. The predicted octanol–water partition coefficient (Wildman–Crippen LogP) is 2.66. The van der Waals surface area contributed by atoms with Gasteiger partial charge in [0.25, 0.3) is 0 Å². The van der Waals surface area contributed by atoms with Gasteiger partial charge in [-0.15, -0.1) is 11.3 Å². The summed E-state index contributed by atoms with van der Waals surface area (Å²) in [6.07, 6.45) is 2.82. The number of rotatable bonds is 3. The van der Waals surface area contributed by atoms with Gasteiger partial charge in [0.2, 0.25) is 0 Å². The van der Waals surface area contributed by atoms with Crippen LogP contribution in [-0.4, -0.2) is 25.3 Å². The van der Waals surface area contributed by atoms with E-state index in [-0.39, 0.29) is 18.1 Å². The van der Waals surface area contributed by atoms with Gasteiger partial charge in [-0.05, 0) is 6.07 Å². The molecule has 0 fully saturated rings. The monoisotopic (exact) mass is 327 g/mol. The summed E-state index contributed by atoms with van der Waals surface area (Å²) in [7, 11) is 0. The summed E-state index contributed by atoms with van der Waals surface area (Å²) in [5.41, 5.74) is 7.05. The fraction of sp³-hybridized carbons (Fsp3) is 0.0909. The molecule has 9 heteroatoms. The van der Waals surface area contributed by atoms with E-state index in [9.17, 15) is 4.79 Å². The van der Waals surface area contributed by atoms with Crippen LogP contribution in [0.25, 0.3) is 11.2 Å². The summed E-state index contributed by atoms with van der Waals surface area (Å²) in [5, 5.41) is 0. The summed E-state index contributed by atoms with van der Waals surface area (Å²) in [4.78, 5) is 24.2. The smallest absolute Gasteiger partial charge is 0.185 e. The van der Waals surface area contributed by atoms with Crippen molar-refractivity contribution in [3.05, 3.63) is 33.0 Å². The molecule has 3 heterocycles. The van der Waals surface area contributed by atoms with Crippen LogP contribution in [-0.2, 0) is 6.54 Å². The van der Waals surface area contributed by atoms with E-state index < -0.39 is 0 Å². The number of ketones is 1. The normalized spacial score (nSPS) is 11.1. The molecule has 102 valence electrons. The molecule has 0 aromatic carbocycles. The van der Waals surface area contributed by atoms with Crippen molar-refractivity contribution in [1.29, 1.82) is 0 Å². The Morgan fingerprint density at radius 1 is 1.35 bits per heavy atom. The number of carbonyl (C=O) groups excluding carboxylic acids is 1. The number of hydrogen-bond donors (Lipinski definition) is 1. The molecule has 3 rings (SSSR count). The van der Waals surface area contributed by atoms with E-state index >= 15 is 0 Å². The van der Waals surface area contributed by atoms with E-state index in [1.165, 1.54) is 12.7 Å². The molecule has 0 radical (unpaired) electrons. The van der Waals surface area contributed by atoms with Crippen molar-refractivity contribution in [3.63, 3.8) is 0 Å². The number of thiophene rings is 1. The molecular weight excluding hydrogens is 321 g/mol. The minimum Gasteiger partial charge on any atom is -0.382 e. The largest absolute Gasteiger partial charge is 0.382 e. The highest BCUT2D eigenvalue weighted by molar-refractivity contribution is 7.20. The minimum absolute atomic E-state index is 0.0553. The molecule has 20 heavy (non-hydrogen) atoms. The van der Waals surface area contributed by atoms with Crippen LogP contribution in [0.15, 0.2) is 18.7 Å². The molecule has 0 aliphatic rings. The number of nitrogens with two attached hydrogens (primary N) is 1. The SMILES string of the molecule is Nc1ncnc2c1ncn2CC(=O)c1cc(Cl)sc1Cl. The molecule has 6 nitrogen and oxygen atoms in total. The second-order valence-electron chi connectivity index (χ2n) is 3.96. The first-order chi connectivity index (χ1) is 9.56. The van der Waals surface area contributed by atoms with E-state index in [4.69, 9.17) is 28.9 Å². The summed E-state index contributed by atoms with van der Waals surface area (Å²) in [6, 6.07) is 1.55. The average molecular weight is 328 g/mol. The summed E-state index contributed by atoms with van der Waals surface area (Å²) >= 11 is 13.0. The molecule has 0 spiro atoms. The van der Waals surface area contributed by atoms with Crippen molar-refractivity contribution >= 4 is 57.3 Å². The van der Waals surface area contributed by atoms with Crippen LogP contribution in [0, 0.1) is 0 Å². The first-order valence-electron chi connectivity index (χ1n) is 5.45. The molecule has 0 saturated heterocycles. The summed E-state index contributed by atoms with van der Waals surface area (Å²) < 4.78 is 2.44. The molecule has 2 N–H and O–H groups in total. The lowest BCUT2D eigenvalue weighted by molar-refractivity contribution is 0.0974. The van der Waals surface area contributed by atoms with Crippen molar-refractivity contribution in [2.45, 2.75) is 6.54 Å². The highest BCUT2D eigenvalue weighted by Gasteiger charge is 2.16. The van der Waals surface area contributed by atoms with Gasteiger partial charge in [-0.3, -0.25) is 4.79 Å². The lowest BCUT2D eigenvalue weighted by Gasteiger charge is -2.02. The molecule has 0 unspecified atom stereocenters. The molecule has 0 amide bonds. The first-order valence-corrected chi connectivity index (χ1v) is 7.03. The van der Waals surface area contributed by atoms with Crippen LogP contribution in [0.1, 0.15) is 10.4 Å². The Labute approximate surface area is 127 Å². The van der Waals surface area contributed by atoms with Crippen LogP contribution < -0.4 is 5.73 Å². The van der Waals surface area contributed by atoms with Crippen molar-refractivity contribution < 1.29 is 4.79 Å². The maximum Gasteiger partial charge on any atom is 0.185 e. The van der Waals surface area contributed by atoms with Gasteiger partial charge in [0.05, 0.1) is 22.8 Å². The maximum absolute atomic E-state index is 12.2. The number of nitrogen functional groups attached to an aromatic ring is 1. The van der Waals surface area contributed by atoms with Gasteiger partial charge in [-0.25, -0.2) is 15.0 Å². The van der Waals surface area contributed by atoms with Crippen molar-refractivity contribution in [1.82, 2.24) is 19.5 Å². The number of anilines is 1. The van der Waals surface area contributed by atoms with Gasteiger partial charge in [0, 0.05) is 0 Å². The lowest BCUT2D eigenvalue weighted by Crippen LogP contribution is -2.10. The van der Waals surface area contributed by atoms with E-state index in [1.54, 1.807) is 10.6 Å². The van der Waals surface area contributed by atoms with Crippen molar-refractivity contribution in [2.24, 2.45) is 0 Å². The zero-order chi connectivity index (χ0) is 14.3. The van der Waals surface area contributed by atoms with Gasteiger partial charge < -0.3 is 10.3 Å². The minimum atomic E-state index is -0.172. The lowest BCUT2D eigenvalue weighted by atomic mass is 10.2. The highest BCUT2D eigenvalue weighted by atomic mass is 35.5.